The normalized spacial score (nSPS) is 21.6. The van der Waals surface area contributed by atoms with Crippen LogP contribution in [0.1, 0.15) is 92.7 Å². The minimum atomic E-state index is -0.449. The van der Waals surface area contributed by atoms with Gasteiger partial charge in [-0.1, -0.05) is 115 Å². The van der Waals surface area contributed by atoms with Crippen molar-refractivity contribution in [3.63, 3.8) is 0 Å². The number of benzene rings is 2. The Kier molecular flexibility index (Phi) is 7.93. The number of hydrogen-bond acceptors (Lipinski definition) is 2. The Morgan fingerprint density at radius 1 is 0.639 bits per heavy atom. The van der Waals surface area contributed by atoms with Crippen LogP contribution in [0.2, 0.25) is 0 Å². The van der Waals surface area contributed by atoms with Crippen molar-refractivity contribution in [1.82, 2.24) is 0 Å². The Labute approximate surface area is 223 Å². The van der Waals surface area contributed by atoms with Crippen molar-refractivity contribution < 1.29 is 9.47 Å². The van der Waals surface area contributed by atoms with E-state index in [-0.39, 0.29) is 35.6 Å². The molecular formula is C32H48O2P2. The Morgan fingerprint density at radius 2 is 1.08 bits per heavy atom. The lowest BCUT2D eigenvalue weighted by atomic mass is 10.0. The summed E-state index contributed by atoms with van der Waals surface area (Å²) in [5, 5.41) is 3.49. The number of rotatable bonds is 2. The second-order valence-electron chi connectivity index (χ2n) is 13.8. The largest absolute Gasteiger partial charge is 0.489 e. The molecule has 2 bridgehead atoms. The van der Waals surface area contributed by atoms with E-state index >= 15 is 0 Å². The van der Waals surface area contributed by atoms with Crippen LogP contribution in [0, 0.1) is 0 Å². The number of fused-ring (bicyclic) bond motifs is 6. The van der Waals surface area contributed by atoms with Gasteiger partial charge in [0.05, 0.1) is 0 Å². The van der Waals surface area contributed by atoms with Crippen LogP contribution in [0.5, 0.6) is 11.5 Å². The van der Waals surface area contributed by atoms with Gasteiger partial charge in [0.1, 0.15) is 23.7 Å². The fourth-order valence-corrected chi connectivity index (χ4v) is 11.7. The van der Waals surface area contributed by atoms with Gasteiger partial charge in [0, 0.05) is 23.5 Å². The monoisotopic (exact) mass is 526 g/mol. The zero-order chi connectivity index (χ0) is 26.5. The lowest BCUT2D eigenvalue weighted by Gasteiger charge is -2.43. The van der Waals surface area contributed by atoms with Crippen LogP contribution < -0.4 is 20.1 Å². The lowest BCUT2D eigenvalue weighted by Crippen LogP contribution is -2.34. The molecule has 2 aromatic rings. The summed E-state index contributed by atoms with van der Waals surface area (Å²) in [5.41, 5.74) is 2.67. The highest BCUT2D eigenvalue weighted by atomic mass is 31.1. The van der Waals surface area contributed by atoms with Crippen molar-refractivity contribution >= 4 is 26.5 Å². The second-order valence-corrected chi connectivity index (χ2v) is 20.5. The van der Waals surface area contributed by atoms with Crippen molar-refractivity contribution in [3.05, 3.63) is 47.5 Å². The summed E-state index contributed by atoms with van der Waals surface area (Å²) >= 11 is 0. The second kappa shape index (κ2) is 10.2. The highest BCUT2D eigenvalue weighted by Crippen LogP contribution is 2.60. The molecule has 4 rings (SSSR count). The van der Waals surface area contributed by atoms with Crippen LogP contribution in [-0.4, -0.2) is 34.3 Å². The predicted octanol–water partition coefficient (Wildman–Crippen LogP) is 8.40. The molecule has 198 valence electrons. The van der Waals surface area contributed by atoms with E-state index in [2.05, 4.69) is 105 Å². The van der Waals surface area contributed by atoms with E-state index in [1.165, 1.54) is 27.5 Å². The summed E-state index contributed by atoms with van der Waals surface area (Å²) in [7, 11) is -0.790. The first-order valence-electron chi connectivity index (χ1n) is 13.8. The summed E-state index contributed by atoms with van der Waals surface area (Å²) in [6.45, 7) is 23.9. The van der Waals surface area contributed by atoms with Gasteiger partial charge in [0.25, 0.3) is 0 Å². The van der Waals surface area contributed by atoms with Gasteiger partial charge in [0.15, 0.2) is 0 Å². The van der Waals surface area contributed by atoms with Crippen LogP contribution >= 0.6 is 15.8 Å². The summed E-state index contributed by atoms with van der Waals surface area (Å²) in [4.78, 5) is 0. The number of para-hydroxylation sites is 2. The van der Waals surface area contributed by atoms with Crippen molar-refractivity contribution in [2.24, 2.45) is 0 Å². The van der Waals surface area contributed by atoms with Gasteiger partial charge >= 0.3 is 0 Å². The average Bonchev–Trinajstić information content (AvgIpc) is 2.87. The van der Waals surface area contributed by atoms with E-state index in [0.717, 1.165) is 37.9 Å². The molecule has 0 saturated heterocycles. The zero-order valence-electron chi connectivity index (χ0n) is 24.4. The molecule has 36 heavy (non-hydrogen) atoms. The maximum absolute atomic E-state index is 7.13. The molecule has 2 aliphatic rings. The number of hydrogen-bond donors (Lipinski definition) is 0. The molecule has 3 unspecified atom stereocenters. The van der Waals surface area contributed by atoms with Crippen molar-refractivity contribution in [2.45, 2.75) is 122 Å². The fraction of sp³-hybridized carbons (Fsp3) is 0.625. The van der Waals surface area contributed by atoms with E-state index < -0.39 is 7.92 Å². The van der Waals surface area contributed by atoms with Crippen LogP contribution in [-0.2, 0) is 12.8 Å². The van der Waals surface area contributed by atoms with Gasteiger partial charge in [-0.3, -0.25) is 0 Å². The molecule has 0 spiro atoms. The van der Waals surface area contributed by atoms with E-state index in [1.54, 1.807) is 0 Å². The van der Waals surface area contributed by atoms with Gasteiger partial charge in [-0.15, -0.1) is 0 Å². The highest BCUT2D eigenvalue weighted by molar-refractivity contribution is 7.68. The average molecular weight is 527 g/mol. The van der Waals surface area contributed by atoms with Gasteiger partial charge in [0.2, 0.25) is 0 Å². The van der Waals surface area contributed by atoms with Crippen molar-refractivity contribution in [2.75, 3.05) is 6.66 Å². The minimum Gasteiger partial charge on any atom is -0.489 e. The lowest BCUT2D eigenvalue weighted by molar-refractivity contribution is 0.189. The topological polar surface area (TPSA) is 18.5 Å². The molecule has 0 aliphatic carbocycles. The summed E-state index contributed by atoms with van der Waals surface area (Å²) < 4.78 is 14.2. The third-order valence-corrected chi connectivity index (χ3v) is 14.2. The van der Waals surface area contributed by atoms with E-state index in [9.17, 15) is 0 Å². The van der Waals surface area contributed by atoms with E-state index in [1.807, 2.05) is 0 Å². The Balaban J connectivity index is 1.83. The molecule has 4 heteroatoms. The molecule has 2 aliphatic heterocycles. The molecule has 0 amide bonds. The molecule has 2 aromatic carbocycles. The third-order valence-electron chi connectivity index (χ3n) is 7.62. The van der Waals surface area contributed by atoms with E-state index in [0.29, 0.717) is 0 Å². The van der Waals surface area contributed by atoms with Gasteiger partial charge in [-0.05, 0) is 52.5 Å². The molecule has 2 nitrogen and oxygen atoms in total. The Hall–Kier alpha value is -1.10. The highest BCUT2D eigenvalue weighted by Gasteiger charge is 2.39. The molecule has 0 N–H and O–H groups in total. The van der Waals surface area contributed by atoms with Crippen molar-refractivity contribution in [3.8, 4) is 11.5 Å². The van der Waals surface area contributed by atoms with Gasteiger partial charge in [-0.2, -0.15) is 0 Å². The zero-order valence-corrected chi connectivity index (χ0v) is 26.2. The minimum absolute atomic E-state index is 0.175. The van der Waals surface area contributed by atoms with Crippen LogP contribution in [0.25, 0.3) is 0 Å². The Morgan fingerprint density at radius 3 is 1.53 bits per heavy atom. The maximum atomic E-state index is 7.13. The molecule has 2 heterocycles. The SMILES string of the molecule is CP(c1cccc2c1OC1CCCC(C2)Oc2c(cccc2P(C(C)(C)C)C(C)(C)C)C1)C(C)(C)C. The van der Waals surface area contributed by atoms with Crippen LogP contribution in [0.15, 0.2) is 36.4 Å². The standard InChI is InChI=1S/C32H48O2P2/c1-30(2,3)35(10)26-18-11-14-22-20-25-17-13-16-24(33-28(22)26)21-23-15-12-19-27(29(23)34-25)36(31(4,5)6)32(7,8)9/h11-12,14-15,18-19,24-25H,13,16-17,20-21H2,1-10H3. The molecular weight excluding hydrogens is 478 g/mol. The Bertz CT molecular complexity index is 1060. The predicted molar refractivity (Wildman–Crippen MR) is 161 cm³/mol. The first-order chi connectivity index (χ1) is 16.7. The molecule has 0 aromatic heterocycles. The van der Waals surface area contributed by atoms with Crippen LogP contribution in [0.4, 0.5) is 0 Å². The fourth-order valence-electron chi connectivity index (χ4n) is 6.07. The molecule has 0 radical (unpaired) electrons. The smallest absolute Gasteiger partial charge is 0.130 e. The van der Waals surface area contributed by atoms with E-state index in [4.69, 9.17) is 9.47 Å². The van der Waals surface area contributed by atoms with Gasteiger partial charge in [-0.25, -0.2) is 0 Å². The summed E-state index contributed by atoms with van der Waals surface area (Å²) in [6.07, 6.45) is 5.50. The van der Waals surface area contributed by atoms with Gasteiger partial charge < -0.3 is 9.47 Å². The van der Waals surface area contributed by atoms with Crippen molar-refractivity contribution in [1.29, 1.82) is 0 Å². The quantitative estimate of drug-likeness (QED) is 0.366. The third kappa shape index (κ3) is 5.97. The number of ether oxygens (including phenoxy) is 2. The van der Waals surface area contributed by atoms with Crippen LogP contribution in [0.3, 0.4) is 0 Å². The summed E-state index contributed by atoms with van der Waals surface area (Å²) in [6, 6.07) is 13.8. The maximum Gasteiger partial charge on any atom is 0.130 e. The first-order valence-corrected chi connectivity index (χ1v) is 16.9. The molecule has 0 saturated carbocycles. The molecule has 3 atom stereocenters. The first kappa shape index (κ1) is 27.9. The summed E-state index contributed by atoms with van der Waals surface area (Å²) in [5.74, 6) is 2.33. The molecule has 0 fully saturated rings.